The van der Waals surface area contributed by atoms with Crippen molar-refractivity contribution in [3.8, 4) is 0 Å². The van der Waals surface area contributed by atoms with Crippen LogP contribution in [0.1, 0.15) is 0 Å². The lowest BCUT2D eigenvalue weighted by molar-refractivity contribution is -0.145. The van der Waals surface area contributed by atoms with Crippen LogP contribution >= 0.6 is 0 Å². The van der Waals surface area contributed by atoms with Gasteiger partial charge in [-0.2, -0.15) is 0 Å². The molecule has 0 bridgehead atoms. The van der Waals surface area contributed by atoms with Crippen LogP contribution in [0.3, 0.4) is 0 Å². The monoisotopic (exact) mass is 238 g/mol. The van der Waals surface area contributed by atoms with Gasteiger partial charge < -0.3 is 15.3 Å². The first-order valence-corrected chi connectivity index (χ1v) is 5.11. The standard InChI is InChI=1S/C11H11FN2O3/c12-8-3-1-2-4-9(8)13-11(17)14-5-7(6-14)10(15)16/h1-4,7H,5-6H2,(H,13,17)(H,15,16). The fourth-order valence-corrected chi connectivity index (χ4v) is 1.56. The number of nitrogens with one attached hydrogen (secondary N) is 1. The predicted molar refractivity (Wildman–Crippen MR) is 58.1 cm³/mol. The van der Waals surface area contributed by atoms with Crippen molar-refractivity contribution in [1.82, 2.24) is 4.90 Å². The van der Waals surface area contributed by atoms with Gasteiger partial charge in [0, 0.05) is 13.1 Å². The quantitative estimate of drug-likeness (QED) is 0.817. The van der Waals surface area contributed by atoms with Crippen LogP contribution in [0.15, 0.2) is 24.3 Å². The summed E-state index contributed by atoms with van der Waals surface area (Å²) in [5, 5.41) is 11.0. The van der Waals surface area contributed by atoms with Crippen molar-refractivity contribution in [3.63, 3.8) is 0 Å². The summed E-state index contributed by atoms with van der Waals surface area (Å²) >= 11 is 0. The number of carbonyl (C=O) groups is 2. The van der Waals surface area contributed by atoms with E-state index in [4.69, 9.17) is 5.11 Å². The lowest BCUT2D eigenvalue weighted by atomic mass is 10.0. The van der Waals surface area contributed by atoms with E-state index in [0.717, 1.165) is 0 Å². The van der Waals surface area contributed by atoms with E-state index in [1.165, 1.54) is 23.1 Å². The molecule has 1 aromatic rings. The predicted octanol–water partition coefficient (Wildman–Crippen LogP) is 1.37. The minimum absolute atomic E-state index is 0.0938. The molecule has 0 radical (unpaired) electrons. The van der Waals surface area contributed by atoms with Gasteiger partial charge in [0.25, 0.3) is 0 Å². The summed E-state index contributed by atoms with van der Waals surface area (Å²) in [6.45, 7) is 0.325. The number of nitrogens with zero attached hydrogens (tertiary/aromatic N) is 1. The Labute approximate surface area is 96.8 Å². The highest BCUT2D eigenvalue weighted by Gasteiger charge is 2.35. The highest BCUT2D eigenvalue weighted by molar-refractivity contribution is 5.91. The number of para-hydroxylation sites is 1. The molecule has 5 nitrogen and oxygen atoms in total. The van der Waals surface area contributed by atoms with Crippen LogP contribution in [-0.2, 0) is 4.79 Å². The summed E-state index contributed by atoms with van der Waals surface area (Å²) in [6, 6.07) is 5.34. The average Bonchev–Trinajstić information content (AvgIpc) is 2.18. The molecule has 2 amide bonds. The molecule has 0 aromatic heterocycles. The van der Waals surface area contributed by atoms with E-state index in [0.29, 0.717) is 0 Å². The van der Waals surface area contributed by atoms with Crippen LogP contribution < -0.4 is 5.32 Å². The second-order valence-corrected chi connectivity index (χ2v) is 3.85. The first-order chi connectivity index (χ1) is 8.08. The normalized spacial score (nSPS) is 15.2. The number of benzene rings is 1. The SMILES string of the molecule is O=C(O)C1CN(C(=O)Nc2ccccc2F)C1. The Kier molecular flexibility index (Phi) is 2.95. The van der Waals surface area contributed by atoms with Gasteiger partial charge in [-0.1, -0.05) is 12.1 Å². The summed E-state index contributed by atoms with van der Waals surface area (Å²) in [5.41, 5.74) is 0.0938. The van der Waals surface area contributed by atoms with Gasteiger partial charge in [0.1, 0.15) is 5.82 Å². The van der Waals surface area contributed by atoms with E-state index in [2.05, 4.69) is 5.32 Å². The van der Waals surface area contributed by atoms with Crippen LogP contribution in [0.5, 0.6) is 0 Å². The maximum atomic E-state index is 13.2. The van der Waals surface area contributed by atoms with Crippen LogP contribution in [-0.4, -0.2) is 35.1 Å². The number of rotatable bonds is 2. The molecule has 1 aliphatic rings. The third-order valence-corrected chi connectivity index (χ3v) is 2.63. The Bertz CT molecular complexity index is 458. The zero-order valence-electron chi connectivity index (χ0n) is 8.89. The van der Waals surface area contributed by atoms with Gasteiger partial charge in [0.2, 0.25) is 0 Å². The molecule has 17 heavy (non-hydrogen) atoms. The number of urea groups is 1. The summed E-state index contributed by atoms with van der Waals surface area (Å²) < 4.78 is 13.2. The Morgan fingerprint density at radius 3 is 2.59 bits per heavy atom. The van der Waals surface area contributed by atoms with E-state index in [1.54, 1.807) is 6.07 Å². The Balaban J connectivity index is 1.91. The first kappa shape index (κ1) is 11.4. The van der Waals surface area contributed by atoms with E-state index >= 15 is 0 Å². The topological polar surface area (TPSA) is 69.6 Å². The van der Waals surface area contributed by atoms with Gasteiger partial charge >= 0.3 is 12.0 Å². The molecule has 0 spiro atoms. The molecule has 2 rings (SSSR count). The zero-order chi connectivity index (χ0) is 12.4. The fraction of sp³-hybridized carbons (Fsp3) is 0.273. The van der Waals surface area contributed by atoms with E-state index in [1.807, 2.05) is 0 Å². The molecular formula is C11H11FN2O3. The van der Waals surface area contributed by atoms with Crippen LogP contribution in [0, 0.1) is 11.7 Å². The molecule has 90 valence electrons. The zero-order valence-corrected chi connectivity index (χ0v) is 8.89. The number of hydrogen-bond donors (Lipinski definition) is 2. The largest absolute Gasteiger partial charge is 0.481 e. The van der Waals surface area contributed by atoms with Crippen molar-refractivity contribution >= 4 is 17.7 Å². The van der Waals surface area contributed by atoms with Crippen molar-refractivity contribution in [2.45, 2.75) is 0 Å². The van der Waals surface area contributed by atoms with Crippen molar-refractivity contribution in [3.05, 3.63) is 30.1 Å². The van der Waals surface area contributed by atoms with Gasteiger partial charge in [-0.25, -0.2) is 9.18 Å². The smallest absolute Gasteiger partial charge is 0.321 e. The lowest BCUT2D eigenvalue weighted by Crippen LogP contribution is -2.54. The number of carboxylic acid groups (broad SMARTS) is 1. The first-order valence-electron chi connectivity index (χ1n) is 5.11. The number of aliphatic carboxylic acids is 1. The van der Waals surface area contributed by atoms with E-state index < -0.39 is 23.7 Å². The molecule has 6 heteroatoms. The minimum Gasteiger partial charge on any atom is -0.481 e. The van der Waals surface area contributed by atoms with E-state index in [9.17, 15) is 14.0 Å². The molecule has 1 fully saturated rings. The molecule has 0 aliphatic carbocycles. The Morgan fingerprint density at radius 1 is 1.35 bits per heavy atom. The number of carboxylic acids is 1. The summed E-state index contributed by atoms with van der Waals surface area (Å²) in [6.07, 6.45) is 0. The number of carbonyl (C=O) groups excluding carboxylic acids is 1. The molecule has 0 unspecified atom stereocenters. The maximum absolute atomic E-state index is 13.2. The molecule has 1 aliphatic heterocycles. The molecule has 0 atom stereocenters. The summed E-state index contributed by atoms with van der Waals surface area (Å²) in [4.78, 5) is 23.4. The van der Waals surface area contributed by atoms with Crippen LogP contribution in [0.4, 0.5) is 14.9 Å². The number of anilines is 1. The van der Waals surface area contributed by atoms with Gasteiger partial charge in [0.05, 0.1) is 11.6 Å². The third kappa shape index (κ3) is 2.35. The fourth-order valence-electron chi connectivity index (χ4n) is 1.56. The third-order valence-electron chi connectivity index (χ3n) is 2.63. The summed E-state index contributed by atoms with van der Waals surface area (Å²) in [7, 11) is 0. The molecular weight excluding hydrogens is 227 g/mol. The van der Waals surface area contributed by atoms with Crippen molar-refractivity contribution in [1.29, 1.82) is 0 Å². The number of halogens is 1. The average molecular weight is 238 g/mol. The van der Waals surface area contributed by atoms with Crippen molar-refractivity contribution in [2.75, 3.05) is 18.4 Å². The molecule has 0 saturated carbocycles. The Morgan fingerprint density at radius 2 is 2.00 bits per heavy atom. The van der Waals surface area contributed by atoms with Crippen LogP contribution in [0.2, 0.25) is 0 Å². The second kappa shape index (κ2) is 4.40. The Hall–Kier alpha value is -2.11. The number of amides is 2. The molecule has 1 saturated heterocycles. The van der Waals surface area contributed by atoms with Gasteiger partial charge in [-0.05, 0) is 12.1 Å². The molecule has 2 N–H and O–H groups in total. The van der Waals surface area contributed by atoms with Crippen LogP contribution in [0.25, 0.3) is 0 Å². The van der Waals surface area contributed by atoms with Crippen molar-refractivity contribution in [2.24, 2.45) is 5.92 Å². The maximum Gasteiger partial charge on any atom is 0.321 e. The highest BCUT2D eigenvalue weighted by atomic mass is 19.1. The van der Waals surface area contributed by atoms with Gasteiger partial charge in [0.15, 0.2) is 0 Å². The molecule has 1 heterocycles. The molecule has 1 aromatic carbocycles. The van der Waals surface area contributed by atoms with Gasteiger partial charge in [-0.15, -0.1) is 0 Å². The van der Waals surface area contributed by atoms with Gasteiger partial charge in [-0.3, -0.25) is 4.79 Å². The highest BCUT2D eigenvalue weighted by Crippen LogP contribution is 2.18. The van der Waals surface area contributed by atoms with E-state index in [-0.39, 0.29) is 18.8 Å². The number of hydrogen-bond acceptors (Lipinski definition) is 2. The lowest BCUT2D eigenvalue weighted by Gasteiger charge is -2.36. The number of likely N-dealkylation sites (tertiary alicyclic amines) is 1. The van der Waals surface area contributed by atoms with Crippen molar-refractivity contribution < 1.29 is 19.1 Å². The minimum atomic E-state index is -0.917. The second-order valence-electron chi connectivity index (χ2n) is 3.85. The summed E-state index contributed by atoms with van der Waals surface area (Å²) in [5.74, 6) is -1.95.